The highest BCUT2D eigenvalue weighted by Gasteiger charge is 2.36. The molecule has 21 heavy (non-hydrogen) atoms. The zero-order valence-electron chi connectivity index (χ0n) is 10.6. The number of urea groups is 1. The van der Waals surface area contributed by atoms with Crippen molar-refractivity contribution in [1.29, 1.82) is 0 Å². The fraction of sp³-hybridized carbons (Fsp3) is 0.250. The van der Waals surface area contributed by atoms with Crippen LogP contribution in [0.4, 0.5) is 4.79 Å². The van der Waals surface area contributed by atoms with Gasteiger partial charge in [-0.15, -0.1) is 0 Å². The van der Waals surface area contributed by atoms with Gasteiger partial charge in [0.2, 0.25) is 5.91 Å². The van der Waals surface area contributed by atoms with E-state index in [-0.39, 0.29) is 13.1 Å². The van der Waals surface area contributed by atoms with Gasteiger partial charge < -0.3 is 0 Å². The average Bonchev–Trinajstić information content (AvgIpc) is 2.42. The molecule has 9 heteroatoms. The molecule has 1 aromatic rings. The summed E-state index contributed by atoms with van der Waals surface area (Å²) in [4.78, 5) is 33.9. The first-order valence-electron chi connectivity index (χ1n) is 5.84. The van der Waals surface area contributed by atoms with E-state index in [0.717, 1.165) is 10.0 Å². The Hall–Kier alpha value is -1.50. The molecule has 1 fully saturated rings. The number of rotatable bonds is 3. The maximum Gasteiger partial charge on any atom is 0.343 e. The minimum absolute atomic E-state index is 0.00498. The summed E-state index contributed by atoms with van der Waals surface area (Å²) in [7, 11) is 0. The number of alkyl halides is 2. The van der Waals surface area contributed by atoms with Crippen LogP contribution >= 0.6 is 34.8 Å². The van der Waals surface area contributed by atoms with E-state index in [1.165, 1.54) is 0 Å². The molecule has 2 rings (SSSR count). The molecule has 0 saturated carbocycles. The van der Waals surface area contributed by atoms with Gasteiger partial charge >= 0.3 is 6.03 Å². The maximum absolute atomic E-state index is 11.9. The smallest absolute Gasteiger partial charge is 0.275 e. The van der Waals surface area contributed by atoms with Crippen molar-refractivity contribution >= 4 is 52.6 Å². The fourth-order valence-electron chi connectivity index (χ4n) is 1.81. The van der Waals surface area contributed by atoms with E-state index >= 15 is 0 Å². The third-order valence-electron chi connectivity index (χ3n) is 2.78. The lowest BCUT2D eigenvalue weighted by Crippen LogP contribution is -2.62. The number of nitrogens with zero attached hydrogens (tertiary/aromatic N) is 2. The van der Waals surface area contributed by atoms with Crippen molar-refractivity contribution in [2.75, 3.05) is 6.54 Å². The number of carbonyl (C=O) groups excluding carboxylic acids is 3. The van der Waals surface area contributed by atoms with E-state index < -0.39 is 22.7 Å². The summed E-state index contributed by atoms with van der Waals surface area (Å²) < 4.78 is 0. The van der Waals surface area contributed by atoms with Gasteiger partial charge in [0, 0.05) is 5.02 Å². The van der Waals surface area contributed by atoms with Crippen LogP contribution in [0.3, 0.4) is 0 Å². The second-order valence-corrected chi connectivity index (χ2v) is 5.70. The van der Waals surface area contributed by atoms with Crippen LogP contribution in [-0.2, 0) is 16.1 Å². The van der Waals surface area contributed by atoms with Gasteiger partial charge in [0.15, 0.2) is 4.84 Å². The Morgan fingerprint density at radius 2 is 1.95 bits per heavy atom. The Balaban J connectivity index is 2.28. The number of hydrogen-bond donors (Lipinski definition) is 1. The van der Waals surface area contributed by atoms with Crippen LogP contribution in [0.25, 0.3) is 0 Å². The molecule has 0 aliphatic carbocycles. The van der Waals surface area contributed by atoms with Crippen molar-refractivity contribution in [2.24, 2.45) is 0 Å². The van der Waals surface area contributed by atoms with Crippen LogP contribution in [0, 0.1) is 0 Å². The van der Waals surface area contributed by atoms with Crippen LogP contribution < -0.4 is 5.32 Å². The van der Waals surface area contributed by atoms with Gasteiger partial charge in [0.25, 0.3) is 5.91 Å². The lowest BCUT2D eigenvalue weighted by atomic mass is 10.2. The molecule has 1 N–H and O–H groups in total. The lowest BCUT2D eigenvalue weighted by Gasteiger charge is -2.37. The van der Waals surface area contributed by atoms with E-state index in [9.17, 15) is 14.4 Å². The first-order valence-corrected chi connectivity index (χ1v) is 7.09. The van der Waals surface area contributed by atoms with Crippen LogP contribution in [0.5, 0.6) is 0 Å². The van der Waals surface area contributed by atoms with E-state index in [4.69, 9.17) is 34.8 Å². The summed E-state index contributed by atoms with van der Waals surface area (Å²) in [6, 6.07) is 6.10. The minimum Gasteiger partial charge on any atom is -0.275 e. The number of carbonyl (C=O) groups is 3. The van der Waals surface area contributed by atoms with Gasteiger partial charge in [0.05, 0.1) is 6.54 Å². The maximum atomic E-state index is 11.9. The predicted octanol–water partition coefficient (Wildman–Crippen LogP) is 1.94. The number of halogens is 3. The molecular weight excluding hydrogens is 341 g/mol. The molecule has 1 aromatic carbocycles. The van der Waals surface area contributed by atoms with Gasteiger partial charge in [0.1, 0.15) is 6.54 Å². The van der Waals surface area contributed by atoms with E-state index in [1.807, 2.05) is 0 Å². The Labute approximate surface area is 135 Å². The SMILES string of the molecule is O=C1CN(C(=O)C(Cl)Cl)N(Cc2ccccc2Cl)C(=O)N1. The number of hydrogen-bond acceptors (Lipinski definition) is 3. The number of amides is 4. The molecule has 0 aromatic heterocycles. The first-order chi connectivity index (χ1) is 9.90. The molecular formula is C12H10Cl3N3O3. The van der Waals surface area contributed by atoms with Crippen molar-refractivity contribution in [2.45, 2.75) is 11.4 Å². The second kappa shape index (κ2) is 6.51. The summed E-state index contributed by atoms with van der Waals surface area (Å²) in [6.07, 6.45) is 0. The van der Waals surface area contributed by atoms with Crippen molar-refractivity contribution in [1.82, 2.24) is 15.3 Å². The lowest BCUT2D eigenvalue weighted by molar-refractivity contribution is -0.151. The van der Waals surface area contributed by atoms with E-state index in [2.05, 4.69) is 5.32 Å². The van der Waals surface area contributed by atoms with Gasteiger partial charge in [-0.3, -0.25) is 14.9 Å². The molecule has 1 aliphatic rings. The van der Waals surface area contributed by atoms with Gasteiger partial charge in [-0.1, -0.05) is 53.0 Å². The normalized spacial score (nSPS) is 15.4. The van der Waals surface area contributed by atoms with E-state index in [0.29, 0.717) is 10.6 Å². The summed E-state index contributed by atoms with van der Waals surface area (Å²) >= 11 is 17.1. The van der Waals surface area contributed by atoms with Crippen LogP contribution in [0.1, 0.15) is 5.56 Å². The second-order valence-electron chi connectivity index (χ2n) is 4.20. The van der Waals surface area contributed by atoms with E-state index in [1.54, 1.807) is 24.3 Å². The molecule has 0 unspecified atom stereocenters. The minimum atomic E-state index is -1.38. The summed E-state index contributed by atoms with van der Waals surface area (Å²) in [5.41, 5.74) is 0.613. The molecule has 1 saturated heterocycles. The average molecular weight is 351 g/mol. The first kappa shape index (κ1) is 15.9. The molecule has 6 nitrogen and oxygen atoms in total. The third kappa shape index (κ3) is 3.58. The molecule has 0 spiro atoms. The zero-order valence-corrected chi connectivity index (χ0v) is 12.8. The fourth-order valence-corrected chi connectivity index (χ4v) is 2.23. The molecule has 1 heterocycles. The standard InChI is InChI=1S/C12H10Cl3N3O3/c13-8-4-2-1-3-7(8)5-18-12(21)16-9(19)6-17(18)11(20)10(14)15/h1-4,10H,5-6H2,(H,16,19,21). The Bertz CT molecular complexity index is 594. The van der Waals surface area contributed by atoms with Gasteiger partial charge in [-0.05, 0) is 11.6 Å². The van der Waals surface area contributed by atoms with Crippen molar-refractivity contribution in [3.05, 3.63) is 34.9 Å². The zero-order chi connectivity index (χ0) is 15.6. The number of imide groups is 1. The highest BCUT2D eigenvalue weighted by atomic mass is 35.5. The summed E-state index contributed by atoms with van der Waals surface area (Å²) in [5.74, 6) is -1.37. The molecule has 0 atom stereocenters. The van der Waals surface area contributed by atoms with Gasteiger partial charge in [-0.2, -0.15) is 0 Å². The summed E-state index contributed by atoms with van der Waals surface area (Å²) in [5, 5.41) is 4.51. The van der Waals surface area contributed by atoms with Crippen molar-refractivity contribution in [3.63, 3.8) is 0 Å². The Kier molecular flexibility index (Phi) is 4.92. The quantitative estimate of drug-likeness (QED) is 0.847. The monoisotopic (exact) mass is 349 g/mol. The Morgan fingerprint density at radius 1 is 1.29 bits per heavy atom. The number of hydrazine groups is 1. The molecule has 4 amide bonds. The van der Waals surface area contributed by atoms with Crippen molar-refractivity contribution < 1.29 is 14.4 Å². The summed E-state index contributed by atoms with van der Waals surface area (Å²) in [6.45, 7) is -0.337. The third-order valence-corrected chi connectivity index (χ3v) is 3.53. The number of benzene rings is 1. The largest absolute Gasteiger partial charge is 0.343 e. The van der Waals surface area contributed by atoms with Crippen LogP contribution in [0.2, 0.25) is 5.02 Å². The molecule has 0 bridgehead atoms. The van der Waals surface area contributed by atoms with Crippen LogP contribution in [-0.4, -0.2) is 39.2 Å². The highest BCUT2D eigenvalue weighted by Crippen LogP contribution is 2.20. The van der Waals surface area contributed by atoms with Crippen LogP contribution in [0.15, 0.2) is 24.3 Å². The topological polar surface area (TPSA) is 69.7 Å². The number of nitrogens with one attached hydrogen (secondary N) is 1. The van der Waals surface area contributed by atoms with Crippen molar-refractivity contribution in [3.8, 4) is 0 Å². The highest BCUT2D eigenvalue weighted by molar-refractivity contribution is 6.53. The van der Waals surface area contributed by atoms with Gasteiger partial charge in [-0.25, -0.2) is 14.8 Å². The molecule has 112 valence electrons. The molecule has 0 radical (unpaired) electrons. The molecule has 1 aliphatic heterocycles. The Morgan fingerprint density at radius 3 is 2.57 bits per heavy atom. The predicted molar refractivity (Wildman–Crippen MR) is 77.7 cm³/mol.